The molecule has 0 unspecified atom stereocenters. The number of para-hydroxylation sites is 1. The predicted molar refractivity (Wildman–Crippen MR) is 101 cm³/mol. The van der Waals surface area contributed by atoms with Crippen molar-refractivity contribution in [2.24, 2.45) is 0 Å². The van der Waals surface area contributed by atoms with E-state index < -0.39 is 0 Å². The molecule has 0 fully saturated rings. The number of benzene rings is 2. The minimum atomic E-state index is -0.334. The Morgan fingerprint density at radius 1 is 0.962 bits per heavy atom. The molecule has 2 aromatic carbocycles. The summed E-state index contributed by atoms with van der Waals surface area (Å²) in [4.78, 5) is 24.9. The van der Waals surface area contributed by atoms with Gasteiger partial charge < -0.3 is 20.1 Å². The van der Waals surface area contributed by atoms with E-state index in [1.54, 1.807) is 42.5 Å². The van der Waals surface area contributed by atoms with Gasteiger partial charge in [0.1, 0.15) is 0 Å². The molecule has 0 aliphatic heterocycles. The molecule has 0 aliphatic carbocycles. The van der Waals surface area contributed by atoms with Gasteiger partial charge in [-0.05, 0) is 36.8 Å². The summed E-state index contributed by atoms with van der Waals surface area (Å²) in [6.07, 6.45) is 1.91. The second-order valence-electron chi connectivity index (χ2n) is 5.68. The highest BCUT2D eigenvalue weighted by Gasteiger charge is 2.15. The summed E-state index contributed by atoms with van der Waals surface area (Å²) in [6, 6.07) is 11.8. The molecule has 138 valence electrons. The van der Waals surface area contributed by atoms with Crippen molar-refractivity contribution in [3.8, 4) is 11.5 Å². The Hall–Kier alpha value is -3.02. The first-order valence-corrected chi connectivity index (χ1v) is 8.51. The van der Waals surface area contributed by atoms with Crippen LogP contribution in [0, 0.1) is 0 Å². The number of rotatable bonds is 8. The smallest absolute Gasteiger partial charge is 0.255 e. The van der Waals surface area contributed by atoms with Crippen molar-refractivity contribution in [3.05, 3.63) is 53.6 Å². The van der Waals surface area contributed by atoms with Gasteiger partial charge >= 0.3 is 0 Å². The molecule has 2 aromatic rings. The van der Waals surface area contributed by atoms with Crippen LogP contribution < -0.4 is 20.1 Å². The molecule has 0 aliphatic rings. The van der Waals surface area contributed by atoms with Crippen LogP contribution >= 0.6 is 0 Å². The molecule has 0 radical (unpaired) electrons. The van der Waals surface area contributed by atoms with Gasteiger partial charge in [-0.3, -0.25) is 9.59 Å². The SMILES string of the molecule is CCCCNC(=O)c1ccccc1NC(=O)c1ccc(OC)c(OC)c1. The summed E-state index contributed by atoms with van der Waals surface area (Å²) < 4.78 is 10.4. The number of carbonyl (C=O) groups excluding carboxylic acids is 2. The van der Waals surface area contributed by atoms with Gasteiger partial charge in [0.15, 0.2) is 11.5 Å². The van der Waals surface area contributed by atoms with E-state index in [0.29, 0.717) is 34.9 Å². The molecule has 2 amide bonds. The predicted octanol–water partition coefficient (Wildman–Crippen LogP) is 3.49. The molecule has 0 spiro atoms. The number of methoxy groups -OCH3 is 2. The first kappa shape index (κ1) is 19.3. The van der Waals surface area contributed by atoms with Crippen LogP contribution in [0.5, 0.6) is 11.5 Å². The van der Waals surface area contributed by atoms with Crippen LogP contribution in [0.15, 0.2) is 42.5 Å². The molecule has 26 heavy (non-hydrogen) atoms. The minimum Gasteiger partial charge on any atom is -0.493 e. The molecule has 6 heteroatoms. The standard InChI is InChI=1S/C20H24N2O4/c1-4-5-12-21-20(24)15-8-6-7-9-16(15)22-19(23)14-10-11-17(25-2)18(13-14)26-3/h6-11,13H,4-5,12H2,1-3H3,(H,21,24)(H,22,23). The Balaban J connectivity index is 2.18. The Kier molecular flexibility index (Phi) is 7.02. The second-order valence-corrected chi connectivity index (χ2v) is 5.68. The third kappa shape index (κ3) is 4.75. The molecule has 2 N–H and O–H groups in total. The number of carbonyl (C=O) groups is 2. The van der Waals surface area contributed by atoms with Crippen LogP contribution in [0.2, 0.25) is 0 Å². The van der Waals surface area contributed by atoms with E-state index in [9.17, 15) is 9.59 Å². The highest BCUT2D eigenvalue weighted by atomic mass is 16.5. The van der Waals surface area contributed by atoms with Crippen molar-refractivity contribution < 1.29 is 19.1 Å². The summed E-state index contributed by atoms with van der Waals surface area (Å²) in [6.45, 7) is 2.66. The van der Waals surface area contributed by atoms with E-state index in [2.05, 4.69) is 17.6 Å². The van der Waals surface area contributed by atoms with Crippen molar-refractivity contribution >= 4 is 17.5 Å². The van der Waals surface area contributed by atoms with Gasteiger partial charge in [-0.25, -0.2) is 0 Å². The van der Waals surface area contributed by atoms with E-state index in [-0.39, 0.29) is 11.8 Å². The number of nitrogens with one attached hydrogen (secondary N) is 2. The Morgan fingerprint density at radius 3 is 2.38 bits per heavy atom. The lowest BCUT2D eigenvalue weighted by Crippen LogP contribution is -2.26. The van der Waals surface area contributed by atoms with E-state index in [4.69, 9.17) is 9.47 Å². The van der Waals surface area contributed by atoms with Crippen LogP contribution in [0.25, 0.3) is 0 Å². The lowest BCUT2D eigenvalue weighted by molar-refractivity contribution is 0.0954. The first-order valence-electron chi connectivity index (χ1n) is 8.51. The molecular formula is C20H24N2O4. The highest BCUT2D eigenvalue weighted by Crippen LogP contribution is 2.28. The fraction of sp³-hybridized carbons (Fsp3) is 0.300. The number of hydrogen-bond acceptors (Lipinski definition) is 4. The molecule has 0 saturated carbocycles. The molecule has 0 bridgehead atoms. The monoisotopic (exact) mass is 356 g/mol. The van der Waals surface area contributed by atoms with Crippen LogP contribution in [0.4, 0.5) is 5.69 Å². The molecular weight excluding hydrogens is 332 g/mol. The maximum absolute atomic E-state index is 12.6. The summed E-state index contributed by atoms with van der Waals surface area (Å²) in [7, 11) is 3.04. The molecule has 0 aromatic heterocycles. The fourth-order valence-corrected chi connectivity index (χ4v) is 2.44. The average molecular weight is 356 g/mol. The second kappa shape index (κ2) is 9.46. The van der Waals surface area contributed by atoms with Crippen LogP contribution in [0.1, 0.15) is 40.5 Å². The third-order valence-corrected chi connectivity index (χ3v) is 3.88. The minimum absolute atomic E-state index is 0.207. The van der Waals surface area contributed by atoms with Crippen molar-refractivity contribution in [3.63, 3.8) is 0 Å². The zero-order chi connectivity index (χ0) is 18.9. The Labute approximate surface area is 153 Å². The fourth-order valence-electron chi connectivity index (χ4n) is 2.44. The van der Waals surface area contributed by atoms with E-state index in [0.717, 1.165) is 12.8 Å². The van der Waals surface area contributed by atoms with Crippen molar-refractivity contribution in [1.29, 1.82) is 0 Å². The molecule has 0 heterocycles. The van der Waals surface area contributed by atoms with E-state index in [1.807, 2.05) is 0 Å². The summed E-state index contributed by atoms with van der Waals surface area (Å²) >= 11 is 0. The van der Waals surface area contributed by atoms with Gasteiger partial charge in [-0.15, -0.1) is 0 Å². The van der Waals surface area contributed by atoms with Crippen LogP contribution in [-0.4, -0.2) is 32.6 Å². The Morgan fingerprint density at radius 2 is 1.69 bits per heavy atom. The third-order valence-electron chi connectivity index (χ3n) is 3.88. The maximum atomic E-state index is 12.6. The van der Waals surface area contributed by atoms with Gasteiger partial charge in [0.2, 0.25) is 0 Å². The van der Waals surface area contributed by atoms with Gasteiger partial charge in [0.05, 0.1) is 25.5 Å². The lowest BCUT2D eigenvalue weighted by atomic mass is 10.1. The number of ether oxygens (including phenoxy) is 2. The highest BCUT2D eigenvalue weighted by molar-refractivity contribution is 6.09. The molecule has 0 atom stereocenters. The molecule has 2 rings (SSSR count). The van der Waals surface area contributed by atoms with Crippen molar-refractivity contribution in [1.82, 2.24) is 5.32 Å². The quantitative estimate of drug-likeness (QED) is 0.710. The van der Waals surface area contributed by atoms with Gasteiger partial charge in [-0.2, -0.15) is 0 Å². The normalized spacial score (nSPS) is 10.1. The average Bonchev–Trinajstić information content (AvgIpc) is 2.67. The zero-order valence-electron chi connectivity index (χ0n) is 15.3. The first-order chi connectivity index (χ1) is 12.6. The summed E-state index contributed by atoms with van der Waals surface area (Å²) in [5.41, 5.74) is 1.29. The van der Waals surface area contributed by atoms with Crippen LogP contribution in [-0.2, 0) is 0 Å². The largest absolute Gasteiger partial charge is 0.493 e. The Bertz CT molecular complexity index is 774. The lowest BCUT2D eigenvalue weighted by Gasteiger charge is -2.13. The van der Waals surface area contributed by atoms with Crippen molar-refractivity contribution in [2.75, 3.05) is 26.1 Å². The molecule has 0 saturated heterocycles. The van der Waals surface area contributed by atoms with E-state index in [1.165, 1.54) is 14.2 Å². The number of amides is 2. The number of hydrogen-bond donors (Lipinski definition) is 2. The van der Waals surface area contributed by atoms with Gasteiger partial charge in [-0.1, -0.05) is 25.5 Å². The summed E-state index contributed by atoms with van der Waals surface area (Å²) in [5.74, 6) is 0.465. The summed E-state index contributed by atoms with van der Waals surface area (Å²) in [5, 5.41) is 5.65. The number of unbranched alkanes of at least 4 members (excludes halogenated alkanes) is 1. The van der Waals surface area contributed by atoms with Gasteiger partial charge in [0.25, 0.3) is 11.8 Å². The zero-order valence-corrected chi connectivity index (χ0v) is 15.3. The molecule has 6 nitrogen and oxygen atoms in total. The van der Waals surface area contributed by atoms with E-state index >= 15 is 0 Å². The maximum Gasteiger partial charge on any atom is 0.255 e. The van der Waals surface area contributed by atoms with Crippen molar-refractivity contribution in [2.45, 2.75) is 19.8 Å². The van der Waals surface area contributed by atoms with Gasteiger partial charge in [0, 0.05) is 12.1 Å². The topological polar surface area (TPSA) is 76.7 Å². The van der Waals surface area contributed by atoms with Crippen LogP contribution in [0.3, 0.4) is 0 Å². The number of anilines is 1.